The summed E-state index contributed by atoms with van der Waals surface area (Å²) < 4.78 is 0. The molecule has 98 valence electrons. The van der Waals surface area contributed by atoms with Gasteiger partial charge in [0.25, 0.3) is 0 Å². The number of nitrogens with zero attached hydrogens (tertiary/aromatic N) is 2. The summed E-state index contributed by atoms with van der Waals surface area (Å²) in [6, 6.07) is 2.39. The van der Waals surface area contributed by atoms with Crippen LogP contribution in [0.2, 0.25) is 0 Å². The molecule has 4 rings (SSSR count). The Morgan fingerprint density at radius 3 is 2.35 bits per heavy atom. The molecule has 3 unspecified atom stereocenters. The molecule has 4 fully saturated rings. The number of hydrogen-bond acceptors (Lipinski definition) is 3. The zero-order valence-electron chi connectivity index (χ0n) is 11.4. The molecule has 3 nitrogen and oxygen atoms in total. The fourth-order valence-corrected chi connectivity index (χ4v) is 4.25. The topological polar surface area (TPSA) is 18.5 Å². The molecule has 4 aliphatic heterocycles. The van der Waals surface area contributed by atoms with Crippen LogP contribution in [0.3, 0.4) is 0 Å². The van der Waals surface area contributed by atoms with Crippen molar-refractivity contribution in [3.8, 4) is 0 Å². The molecule has 4 aliphatic rings. The monoisotopic (exact) mass is 237 g/mol. The maximum absolute atomic E-state index is 3.45. The molecule has 3 atom stereocenters. The molecule has 17 heavy (non-hydrogen) atoms. The van der Waals surface area contributed by atoms with Gasteiger partial charge in [-0.05, 0) is 58.7 Å². The lowest BCUT2D eigenvalue weighted by Gasteiger charge is -2.52. The minimum atomic E-state index is 0.752. The number of fused-ring (bicyclic) bond motifs is 3. The largest absolute Gasteiger partial charge is 0.317 e. The number of hydrogen-bond donors (Lipinski definition) is 1. The Hall–Kier alpha value is -0.120. The molecule has 4 saturated heterocycles. The van der Waals surface area contributed by atoms with Gasteiger partial charge < -0.3 is 10.2 Å². The highest BCUT2D eigenvalue weighted by Crippen LogP contribution is 2.33. The molecule has 1 N–H and O–H groups in total. The van der Waals surface area contributed by atoms with Crippen molar-refractivity contribution in [1.82, 2.24) is 15.1 Å². The van der Waals surface area contributed by atoms with Crippen LogP contribution < -0.4 is 5.32 Å². The summed E-state index contributed by atoms with van der Waals surface area (Å²) in [4.78, 5) is 5.51. The molecule has 0 saturated carbocycles. The van der Waals surface area contributed by atoms with Gasteiger partial charge in [0, 0.05) is 31.2 Å². The van der Waals surface area contributed by atoms with Gasteiger partial charge in [-0.2, -0.15) is 0 Å². The molecule has 3 heteroatoms. The normalized spacial score (nSPS) is 47.3. The Morgan fingerprint density at radius 2 is 1.82 bits per heavy atom. The van der Waals surface area contributed by atoms with E-state index < -0.39 is 0 Å². The summed E-state index contributed by atoms with van der Waals surface area (Å²) >= 11 is 0. The number of piperidine rings is 4. The quantitative estimate of drug-likeness (QED) is 0.777. The summed E-state index contributed by atoms with van der Waals surface area (Å²) in [6.07, 6.45) is 5.57. The van der Waals surface area contributed by atoms with E-state index in [1.54, 1.807) is 0 Å². The Morgan fingerprint density at radius 1 is 1.06 bits per heavy atom. The van der Waals surface area contributed by atoms with Crippen molar-refractivity contribution in [2.24, 2.45) is 5.92 Å². The first kappa shape index (κ1) is 11.9. The van der Waals surface area contributed by atoms with Gasteiger partial charge in [0.2, 0.25) is 0 Å². The lowest BCUT2D eigenvalue weighted by molar-refractivity contribution is -0.0265. The highest BCUT2D eigenvalue weighted by Gasteiger charge is 2.40. The van der Waals surface area contributed by atoms with Gasteiger partial charge in [-0.25, -0.2) is 0 Å². The predicted molar refractivity (Wildman–Crippen MR) is 71.2 cm³/mol. The van der Waals surface area contributed by atoms with E-state index in [2.05, 4.69) is 29.1 Å². The summed E-state index contributed by atoms with van der Waals surface area (Å²) in [7, 11) is 2.11. The predicted octanol–water partition coefficient (Wildman–Crippen LogP) is 1.15. The van der Waals surface area contributed by atoms with E-state index in [9.17, 15) is 0 Å². The molecule has 0 spiro atoms. The highest BCUT2D eigenvalue weighted by atomic mass is 15.3. The average Bonchev–Trinajstić information content (AvgIpc) is 2.39. The van der Waals surface area contributed by atoms with Gasteiger partial charge in [-0.3, -0.25) is 4.90 Å². The summed E-state index contributed by atoms with van der Waals surface area (Å²) in [5.74, 6) is 0.994. The Labute approximate surface area is 106 Å². The van der Waals surface area contributed by atoms with Gasteiger partial charge >= 0.3 is 0 Å². The van der Waals surface area contributed by atoms with Crippen LogP contribution in [0, 0.1) is 5.92 Å². The smallest absolute Gasteiger partial charge is 0.0255 e. The van der Waals surface area contributed by atoms with E-state index in [4.69, 9.17) is 0 Å². The number of nitrogens with one attached hydrogen (secondary N) is 1. The maximum Gasteiger partial charge on any atom is 0.0255 e. The second-order valence-electron chi connectivity index (χ2n) is 6.30. The zero-order valence-corrected chi connectivity index (χ0v) is 11.4. The summed E-state index contributed by atoms with van der Waals surface area (Å²) in [6.45, 7) is 7.81. The van der Waals surface area contributed by atoms with E-state index in [0.717, 1.165) is 24.0 Å². The van der Waals surface area contributed by atoms with Crippen molar-refractivity contribution in [2.75, 3.05) is 33.2 Å². The van der Waals surface area contributed by atoms with E-state index in [1.165, 1.54) is 51.9 Å². The van der Waals surface area contributed by atoms with E-state index >= 15 is 0 Å². The second-order valence-corrected chi connectivity index (χ2v) is 6.30. The van der Waals surface area contributed by atoms with Gasteiger partial charge in [0.05, 0.1) is 0 Å². The zero-order chi connectivity index (χ0) is 11.8. The summed E-state index contributed by atoms with van der Waals surface area (Å²) in [5, 5.41) is 3.45. The van der Waals surface area contributed by atoms with Crippen molar-refractivity contribution in [3.63, 3.8) is 0 Å². The van der Waals surface area contributed by atoms with Crippen LogP contribution in [0.1, 0.15) is 32.6 Å². The van der Waals surface area contributed by atoms with Crippen molar-refractivity contribution >= 4 is 0 Å². The lowest BCUT2D eigenvalue weighted by atomic mass is 9.81. The van der Waals surface area contributed by atoms with Gasteiger partial charge in [0.15, 0.2) is 0 Å². The Kier molecular flexibility index (Phi) is 3.42. The van der Waals surface area contributed by atoms with Crippen molar-refractivity contribution in [1.29, 1.82) is 0 Å². The number of likely N-dealkylation sites (tertiary alicyclic amines) is 1. The van der Waals surface area contributed by atoms with Crippen molar-refractivity contribution in [2.45, 2.75) is 50.7 Å². The first-order chi connectivity index (χ1) is 8.28. The molecule has 0 aromatic carbocycles. The van der Waals surface area contributed by atoms with Crippen LogP contribution in [0.15, 0.2) is 0 Å². The molecule has 0 aromatic heterocycles. The third-order valence-electron chi connectivity index (χ3n) is 5.38. The van der Waals surface area contributed by atoms with Gasteiger partial charge in [-0.1, -0.05) is 0 Å². The van der Waals surface area contributed by atoms with Crippen molar-refractivity contribution in [3.05, 3.63) is 0 Å². The van der Waals surface area contributed by atoms with Gasteiger partial charge in [0.1, 0.15) is 0 Å². The fourth-order valence-electron chi connectivity index (χ4n) is 4.25. The van der Waals surface area contributed by atoms with Crippen LogP contribution in [0.25, 0.3) is 0 Å². The van der Waals surface area contributed by atoms with E-state index in [1.807, 2.05) is 0 Å². The second kappa shape index (κ2) is 4.87. The fraction of sp³-hybridized carbons (Fsp3) is 1.00. The minimum Gasteiger partial charge on any atom is -0.317 e. The van der Waals surface area contributed by atoms with Crippen LogP contribution in [0.4, 0.5) is 0 Å². The lowest BCUT2D eigenvalue weighted by Crippen LogP contribution is -2.61. The van der Waals surface area contributed by atoms with Crippen LogP contribution in [0.5, 0.6) is 0 Å². The van der Waals surface area contributed by atoms with Crippen molar-refractivity contribution < 1.29 is 0 Å². The molecular formula is C14H27N3. The maximum atomic E-state index is 3.45. The molecule has 0 amide bonds. The SMILES string of the molecule is CNC1CCN(C2CN3CCC2CC3)C(C)C1. The third-order valence-corrected chi connectivity index (χ3v) is 5.38. The van der Waals surface area contributed by atoms with Crippen LogP contribution >= 0.6 is 0 Å². The van der Waals surface area contributed by atoms with Gasteiger partial charge in [-0.15, -0.1) is 0 Å². The minimum absolute atomic E-state index is 0.752. The molecule has 0 aromatic rings. The number of rotatable bonds is 2. The summed E-state index contributed by atoms with van der Waals surface area (Å²) in [5.41, 5.74) is 0. The molecular weight excluding hydrogens is 210 g/mol. The highest BCUT2D eigenvalue weighted by molar-refractivity contribution is 4.96. The van der Waals surface area contributed by atoms with Crippen LogP contribution in [-0.4, -0.2) is 61.2 Å². The third kappa shape index (κ3) is 2.25. The molecule has 0 radical (unpaired) electrons. The van der Waals surface area contributed by atoms with Crippen LogP contribution in [-0.2, 0) is 0 Å². The average molecular weight is 237 g/mol. The van der Waals surface area contributed by atoms with E-state index in [-0.39, 0.29) is 0 Å². The first-order valence-corrected chi connectivity index (χ1v) is 7.43. The molecule has 2 bridgehead atoms. The molecule has 0 aliphatic carbocycles. The van der Waals surface area contributed by atoms with E-state index in [0.29, 0.717) is 0 Å². The standard InChI is InChI=1S/C14H27N3/c1-11-9-13(15-2)5-8-17(11)14-10-16-6-3-12(14)4-7-16/h11-15H,3-10H2,1-2H3. The Bertz CT molecular complexity index is 260. The Balaban J connectivity index is 1.64. The molecule has 4 heterocycles. The first-order valence-electron chi connectivity index (χ1n) is 7.43.